The topological polar surface area (TPSA) is 29.1 Å². The number of ketones is 1. The number of halogens is 1. The molecule has 0 amide bonds. The van der Waals surface area contributed by atoms with Gasteiger partial charge >= 0.3 is 0 Å². The first-order valence-electron chi connectivity index (χ1n) is 5.54. The smallest absolute Gasteiger partial charge is 0.162 e. The van der Waals surface area contributed by atoms with Crippen LogP contribution in [0.4, 0.5) is 5.69 Å². The summed E-state index contributed by atoms with van der Waals surface area (Å²) in [5, 5.41) is 3.75. The van der Waals surface area contributed by atoms with Crippen molar-refractivity contribution >= 4 is 23.1 Å². The number of benzene rings is 1. The fraction of sp³-hybridized carbons (Fsp3) is 0.357. The summed E-state index contributed by atoms with van der Waals surface area (Å²) in [6.45, 7) is 7.66. The molecule has 0 saturated carbocycles. The standard InChI is InChI=1S/C14H18ClNO/c1-10-5-6-11(15)9-12(10)16-8-7-13(17)14(2,3)4/h5-9,16H,1-4H3. The molecule has 0 aliphatic heterocycles. The van der Waals surface area contributed by atoms with Crippen LogP contribution in [0.15, 0.2) is 30.5 Å². The van der Waals surface area contributed by atoms with Gasteiger partial charge in [0.2, 0.25) is 0 Å². The van der Waals surface area contributed by atoms with E-state index < -0.39 is 0 Å². The lowest BCUT2D eigenvalue weighted by Crippen LogP contribution is -2.17. The molecule has 1 aromatic carbocycles. The molecule has 92 valence electrons. The quantitative estimate of drug-likeness (QED) is 0.817. The highest BCUT2D eigenvalue weighted by Crippen LogP contribution is 2.20. The highest BCUT2D eigenvalue weighted by Gasteiger charge is 2.17. The Labute approximate surface area is 108 Å². The maximum Gasteiger partial charge on any atom is 0.162 e. The average molecular weight is 252 g/mol. The summed E-state index contributed by atoms with van der Waals surface area (Å²) in [6.07, 6.45) is 3.21. The van der Waals surface area contributed by atoms with E-state index in [1.165, 1.54) is 0 Å². The summed E-state index contributed by atoms with van der Waals surface area (Å²) in [7, 11) is 0. The van der Waals surface area contributed by atoms with Crippen LogP contribution in [-0.2, 0) is 4.79 Å². The Morgan fingerprint density at radius 3 is 2.59 bits per heavy atom. The monoisotopic (exact) mass is 251 g/mol. The van der Waals surface area contributed by atoms with Crippen molar-refractivity contribution in [3.63, 3.8) is 0 Å². The number of carbonyl (C=O) groups excluding carboxylic acids is 1. The number of allylic oxidation sites excluding steroid dienone is 1. The molecule has 0 radical (unpaired) electrons. The Morgan fingerprint density at radius 1 is 1.35 bits per heavy atom. The number of nitrogens with one attached hydrogen (secondary N) is 1. The summed E-state index contributed by atoms with van der Waals surface area (Å²) < 4.78 is 0. The van der Waals surface area contributed by atoms with Gasteiger partial charge in [0, 0.05) is 22.3 Å². The van der Waals surface area contributed by atoms with Crippen LogP contribution in [0.5, 0.6) is 0 Å². The highest BCUT2D eigenvalue weighted by atomic mass is 35.5. The zero-order chi connectivity index (χ0) is 13.1. The summed E-state index contributed by atoms with van der Waals surface area (Å²) >= 11 is 5.90. The van der Waals surface area contributed by atoms with Gasteiger partial charge in [-0.15, -0.1) is 0 Å². The van der Waals surface area contributed by atoms with Gasteiger partial charge in [-0.1, -0.05) is 38.4 Å². The van der Waals surface area contributed by atoms with E-state index in [1.54, 1.807) is 12.3 Å². The number of carbonyl (C=O) groups is 1. The lowest BCUT2D eigenvalue weighted by molar-refractivity contribution is -0.121. The van der Waals surface area contributed by atoms with Crippen LogP contribution >= 0.6 is 11.6 Å². The van der Waals surface area contributed by atoms with Crippen molar-refractivity contribution in [3.8, 4) is 0 Å². The Morgan fingerprint density at radius 2 is 2.00 bits per heavy atom. The van der Waals surface area contributed by atoms with Crippen LogP contribution in [0, 0.1) is 12.3 Å². The first-order valence-corrected chi connectivity index (χ1v) is 5.92. The zero-order valence-electron chi connectivity index (χ0n) is 10.7. The molecule has 0 aliphatic carbocycles. The normalized spacial score (nSPS) is 11.8. The molecule has 17 heavy (non-hydrogen) atoms. The van der Waals surface area contributed by atoms with Crippen molar-refractivity contribution in [1.29, 1.82) is 0 Å². The van der Waals surface area contributed by atoms with E-state index >= 15 is 0 Å². The van der Waals surface area contributed by atoms with Crippen molar-refractivity contribution in [3.05, 3.63) is 41.1 Å². The second kappa shape index (κ2) is 5.37. The van der Waals surface area contributed by atoms with Crippen molar-refractivity contribution in [2.75, 3.05) is 5.32 Å². The molecule has 2 nitrogen and oxygen atoms in total. The van der Waals surface area contributed by atoms with Gasteiger partial charge in [0.15, 0.2) is 5.78 Å². The SMILES string of the molecule is Cc1ccc(Cl)cc1NC=CC(=O)C(C)(C)C. The van der Waals surface area contributed by atoms with E-state index in [9.17, 15) is 4.79 Å². The van der Waals surface area contributed by atoms with Crippen LogP contribution in [-0.4, -0.2) is 5.78 Å². The number of rotatable bonds is 3. The fourth-order valence-corrected chi connectivity index (χ4v) is 1.38. The first kappa shape index (κ1) is 13.8. The van der Waals surface area contributed by atoms with Gasteiger partial charge in [0.25, 0.3) is 0 Å². The minimum atomic E-state index is -0.346. The number of hydrogen-bond donors (Lipinski definition) is 1. The largest absolute Gasteiger partial charge is 0.361 e. The van der Waals surface area contributed by atoms with E-state index in [4.69, 9.17) is 11.6 Å². The third-order valence-corrected chi connectivity index (χ3v) is 2.65. The van der Waals surface area contributed by atoms with E-state index in [-0.39, 0.29) is 11.2 Å². The van der Waals surface area contributed by atoms with E-state index in [0.717, 1.165) is 11.3 Å². The van der Waals surface area contributed by atoms with E-state index in [0.29, 0.717) is 5.02 Å². The Kier molecular flexibility index (Phi) is 4.35. The van der Waals surface area contributed by atoms with Gasteiger partial charge in [0.1, 0.15) is 0 Å². The predicted molar refractivity (Wildman–Crippen MR) is 73.4 cm³/mol. The summed E-state index contributed by atoms with van der Waals surface area (Å²) in [4.78, 5) is 11.7. The third kappa shape index (κ3) is 4.23. The lowest BCUT2D eigenvalue weighted by Gasteiger charge is -2.13. The van der Waals surface area contributed by atoms with Crippen LogP contribution in [0.3, 0.4) is 0 Å². The summed E-state index contributed by atoms with van der Waals surface area (Å²) in [6, 6.07) is 5.61. The van der Waals surface area contributed by atoms with Gasteiger partial charge in [-0.2, -0.15) is 0 Å². The van der Waals surface area contributed by atoms with Gasteiger partial charge in [0.05, 0.1) is 0 Å². The van der Waals surface area contributed by atoms with Crippen molar-refractivity contribution in [1.82, 2.24) is 0 Å². The molecule has 0 spiro atoms. The molecule has 0 unspecified atom stereocenters. The zero-order valence-corrected chi connectivity index (χ0v) is 11.4. The van der Waals surface area contributed by atoms with Crippen molar-refractivity contribution < 1.29 is 4.79 Å². The molecule has 0 heterocycles. The highest BCUT2D eigenvalue weighted by molar-refractivity contribution is 6.30. The van der Waals surface area contributed by atoms with Crippen LogP contribution < -0.4 is 5.32 Å². The molecular weight excluding hydrogens is 234 g/mol. The Balaban J connectivity index is 2.71. The maximum atomic E-state index is 11.7. The van der Waals surface area contributed by atoms with Crippen LogP contribution in [0.2, 0.25) is 5.02 Å². The molecule has 1 N–H and O–H groups in total. The van der Waals surface area contributed by atoms with Crippen LogP contribution in [0.25, 0.3) is 0 Å². The van der Waals surface area contributed by atoms with Gasteiger partial charge < -0.3 is 5.32 Å². The molecule has 0 fully saturated rings. The molecule has 0 atom stereocenters. The van der Waals surface area contributed by atoms with Crippen LogP contribution in [0.1, 0.15) is 26.3 Å². The van der Waals surface area contributed by atoms with Gasteiger partial charge in [-0.3, -0.25) is 4.79 Å². The van der Waals surface area contributed by atoms with E-state index in [1.807, 2.05) is 45.9 Å². The molecule has 0 aromatic heterocycles. The fourth-order valence-electron chi connectivity index (χ4n) is 1.21. The lowest BCUT2D eigenvalue weighted by atomic mass is 9.91. The minimum absolute atomic E-state index is 0.0877. The van der Waals surface area contributed by atoms with E-state index in [2.05, 4.69) is 5.32 Å². The van der Waals surface area contributed by atoms with Crippen molar-refractivity contribution in [2.24, 2.45) is 5.41 Å². The molecule has 0 aliphatic rings. The predicted octanol–water partition coefficient (Wildman–Crippen LogP) is 4.19. The van der Waals surface area contributed by atoms with Gasteiger partial charge in [-0.25, -0.2) is 0 Å². The summed E-state index contributed by atoms with van der Waals surface area (Å²) in [5.74, 6) is 0.0877. The number of anilines is 1. The molecule has 3 heteroatoms. The molecule has 1 rings (SSSR count). The summed E-state index contributed by atoms with van der Waals surface area (Å²) in [5.41, 5.74) is 1.65. The molecular formula is C14H18ClNO. The number of aryl methyl sites for hydroxylation is 1. The third-order valence-electron chi connectivity index (χ3n) is 2.41. The van der Waals surface area contributed by atoms with Crippen molar-refractivity contribution in [2.45, 2.75) is 27.7 Å². The number of hydrogen-bond acceptors (Lipinski definition) is 2. The maximum absolute atomic E-state index is 11.7. The van der Waals surface area contributed by atoms with Gasteiger partial charge in [-0.05, 0) is 30.7 Å². The molecule has 1 aromatic rings. The first-order chi connectivity index (χ1) is 7.80. The Hall–Kier alpha value is -1.28. The Bertz CT molecular complexity index is 444. The average Bonchev–Trinajstić information content (AvgIpc) is 2.21. The minimum Gasteiger partial charge on any atom is -0.361 e. The molecule has 0 bridgehead atoms. The second-order valence-electron chi connectivity index (χ2n) is 5.05. The second-order valence-corrected chi connectivity index (χ2v) is 5.49. The molecule has 0 saturated heterocycles.